The smallest absolute Gasteiger partial charge is 0.0758 e. The van der Waals surface area contributed by atoms with Gasteiger partial charge >= 0.3 is 0 Å². The summed E-state index contributed by atoms with van der Waals surface area (Å²) in [5.74, 6) is 2.52. The van der Waals surface area contributed by atoms with Gasteiger partial charge in [0.1, 0.15) is 0 Å². The van der Waals surface area contributed by atoms with Crippen LogP contribution < -0.4 is 0 Å². The van der Waals surface area contributed by atoms with Crippen LogP contribution >= 0.6 is 0 Å². The van der Waals surface area contributed by atoms with Gasteiger partial charge in [0, 0.05) is 6.42 Å². The molecule has 0 amide bonds. The molecular weight excluding hydrogens is 148 g/mol. The van der Waals surface area contributed by atoms with Crippen LogP contribution in [0.15, 0.2) is 24.3 Å². The maximum absolute atomic E-state index is 9.57. The summed E-state index contributed by atoms with van der Waals surface area (Å²) < 4.78 is 0. The highest BCUT2D eigenvalue weighted by atomic mass is 16.3. The second-order valence-corrected chi connectivity index (χ2v) is 3.11. The molecule has 0 aromatic heterocycles. The summed E-state index contributed by atoms with van der Waals surface area (Å²) in [5, 5.41) is 9.57. The standard InChI is InChI=1S/C11H10O/c1-2-9-10-6-4-3-5-8(10)7-11(9)12/h1,3-6,9,11-12H,7H2. The van der Waals surface area contributed by atoms with E-state index >= 15 is 0 Å². The largest absolute Gasteiger partial charge is 0.391 e. The third kappa shape index (κ3) is 0.929. The van der Waals surface area contributed by atoms with Gasteiger partial charge in [0.15, 0.2) is 0 Å². The van der Waals surface area contributed by atoms with E-state index in [1.54, 1.807) is 0 Å². The summed E-state index contributed by atoms with van der Waals surface area (Å²) >= 11 is 0. The van der Waals surface area contributed by atoms with Gasteiger partial charge in [-0.05, 0) is 11.1 Å². The van der Waals surface area contributed by atoms with Gasteiger partial charge in [-0.25, -0.2) is 0 Å². The van der Waals surface area contributed by atoms with Crippen molar-refractivity contribution < 1.29 is 5.11 Å². The molecule has 0 bridgehead atoms. The van der Waals surface area contributed by atoms with Crippen LogP contribution in [0.25, 0.3) is 0 Å². The Bertz CT molecular complexity index is 335. The lowest BCUT2D eigenvalue weighted by molar-refractivity contribution is 0.175. The Morgan fingerprint density at radius 2 is 2.17 bits per heavy atom. The number of hydrogen-bond acceptors (Lipinski definition) is 1. The molecule has 1 aromatic rings. The van der Waals surface area contributed by atoms with Crippen molar-refractivity contribution in [1.82, 2.24) is 0 Å². The van der Waals surface area contributed by atoms with Crippen molar-refractivity contribution in [2.24, 2.45) is 0 Å². The molecule has 1 nitrogen and oxygen atoms in total. The van der Waals surface area contributed by atoms with Gasteiger partial charge in [0.25, 0.3) is 0 Å². The SMILES string of the molecule is C#CC1c2ccccc2CC1O. The van der Waals surface area contributed by atoms with E-state index in [-0.39, 0.29) is 12.0 Å². The Morgan fingerprint density at radius 1 is 1.42 bits per heavy atom. The van der Waals surface area contributed by atoms with E-state index in [0.29, 0.717) is 6.42 Å². The fourth-order valence-corrected chi connectivity index (χ4v) is 1.77. The average molecular weight is 158 g/mol. The third-order valence-electron chi connectivity index (χ3n) is 2.38. The molecule has 0 spiro atoms. The minimum atomic E-state index is -0.382. The molecule has 0 saturated carbocycles. The first-order chi connectivity index (χ1) is 5.83. The normalized spacial score (nSPS) is 26.3. The Labute approximate surface area is 72.0 Å². The van der Waals surface area contributed by atoms with E-state index in [4.69, 9.17) is 6.42 Å². The first-order valence-electron chi connectivity index (χ1n) is 4.05. The molecular formula is C11H10O. The molecule has 1 N–H and O–H groups in total. The van der Waals surface area contributed by atoms with Crippen LogP contribution in [-0.4, -0.2) is 11.2 Å². The molecule has 0 fully saturated rings. The summed E-state index contributed by atoms with van der Waals surface area (Å²) in [6.45, 7) is 0. The van der Waals surface area contributed by atoms with Crippen molar-refractivity contribution in [3.8, 4) is 12.3 Å². The summed E-state index contributed by atoms with van der Waals surface area (Å²) in [6, 6.07) is 7.96. The third-order valence-corrected chi connectivity index (χ3v) is 2.38. The zero-order chi connectivity index (χ0) is 8.55. The van der Waals surface area contributed by atoms with Crippen molar-refractivity contribution in [2.45, 2.75) is 18.4 Å². The molecule has 0 saturated heterocycles. The lowest BCUT2D eigenvalue weighted by Gasteiger charge is -2.06. The van der Waals surface area contributed by atoms with E-state index in [1.807, 2.05) is 24.3 Å². The van der Waals surface area contributed by atoms with Crippen LogP contribution in [0.4, 0.5) is 0 Å². The minimum Gasteiger partial charge on any atom is -0.391 e. The highest BCUT2D eigenvalue weighted by Crippen LogP contribution is 2.32. The second kappa shape index (κ2) is 2.66. The van der Waals surface area contributed by atoms with Crippen LogP contribution in [0.1, 0.15) is 17.0 Å². The fraction of sp³-hybridized carbons (Fsp3) is 0.273. The molecule has 60 valence electrons. The molecule has 1 aromatic carbocycles. The Balaban J connectivity index is 2.49. The molecule has 0 radical (unpaired) electrons. The van der Waals surface area contributed by atoms with Gasteiger partial charge in [-0.2, -0.15) is 0 Å². The van der Waals surface area contributed by atoms with Crippen molar-refractivity contribution in [3.63, 3.8) is 0 Å². The molecule has 0 aliphatic heterocycles. The fourth-order valence-electron chi connectivity index (χ4n) is 1.77. The number of terminal acetylenes is 1. The molecule has 2 unspecified atom stereocenters. The van der Waals surface area contributed by atoms with E-state index in [0.717, 1.165) is 5.56 Å². The van der Waals surface area contributed by atoms with Gasteiger partial charge in [0.05, 0.1) is 12.0 Å². The number of hydrogen-bond donors (Lipinski definition) is 1. The van der Waals surface area contributed by atoms with Gasteiger partial charge in [-0.3, -0.25) is 0 Å². The van der Waals surface area contributed by atoms with Crippen LogP contribution in [0.3, 0.4) is 0 Å². The predicted octanol–water partition coefficient (Wildman–Crippen LogP) is 1.32. The van der Waals surface area contributed by atoms with Crippen molar-refractivity contribution in [2.75, 3.05) is 0 Å². The number of fused-ring (bicyclic) bond motifs is 1. The predicted molar refractivity (Wildman–Crippen MR) is 47.7 cm³/mol. The molecule has 0 heterocycles. The van der Waals surface area contributed by atoms with E-state index in [1.165, 1.54) is 5.56 Å². The molecule has 1 aliphatic rings. The highest BCUT2D eigenvalue weighted by Gasteiger charge is 2.28. The van der Waals surface area contributed by atoms with E-state index < -0.39 is 0 Å². The summed E-state index contributed by atoms with van der Waals surface area (Å²) in [6.07, 6.45) is 5.65. The first-order valence-corrected chi connectivity index (χ1v) is 4.05. The van der Waals surface area contributed by atoms with Gasteiger partial charge in [-0.1, -0.05) is 30.2 Å². The molecule has 12 heavy (non-hydrogen) atoms. The maximum atomic E-state index is 9.57. The van der Waals surface area contributed by atoms with Crippen LogP contribution in [0, 0.1) is 12.3 Å². The molecule has 1 aliphatic carbocycles. The average Bonchev–Trinajstić information content (AvgIpc) is 2.40. The van der Waals surface area contributed by atoms with E-state index in [2.05, 4.69) is 5.92 Å². The molecule has 2 rings (SSSR count). The van der Waals surface area contributed by atoms with E-state index in [9.17, 15) is 5.11 Å². The molecule has 2 atom stereocenters. The monoisotopic (exact) mass is 158 g/mol. The maximum Gasteiger partial charge on any atom is 0.0758 e. The van der Waals surface area contributed by atoms with Gasteiger partial charge in [-0.15, -0.1) is 6.42 Å². The number of aliphatic hydroxyl groups is 1. The van der Waals surface area contributed by atoms with Crippen molar-refractivity contribution in [3.05, 3.63) is 35.4 Å². The van der Waals surface area contributed by atoms with Crippen LogP contribution in [-0.2, 0) is 6.42 Å². The van der Waals surface area contributed by atoms with Crippen molar-refractivity contribution in [1.29, 1.82) is 0 Å². The topological polar surface area (TPSA) is 20.2 Å². The first kappa shape index (κ1) is 7.39. The lowest BCUT2D eigenvalue weighted by Crippen LogP contribution is -2.10. The number of aliphatic hydroxyl groups excluding tert-OH is 1. The number of benzene rings is 1. The van der Waals surface area contributed by atoms with Crippen molar-refractivity contribution >= 4 is 0 Å². The highest BCUT2D eigenvalue weighted by molar-refractivity contribution is 5.41. The number of rotatable bonds is 0. The summed E-state index contributed by atoms with van der Waals surface area (Å²) in [4.78, 5) is 0. The van der Waals surface area contributed by atoms with Crippen LogP contribution in [0.2, 0.25) is 0 Å². The Kier molecular flexibility index (Phi) is 1.64. The second-order valence-electron chi connectivity index (χ2n) is 3.11. The lowest BCUT2D eigenvalue weighted by atomic mass is 10.0. The van der Waals surface area contributed by atoms with Gasteiger partial charge < -0.3 is 5.11 Å². The molecule has 1 heteroatoms. The zero-order valence-corrected chi connectivity index (χ0v) is 6.70. The minimum absolute atomic E-state index is 0.0961. The Morgan fingerprint density at radius 3 is 2.92 bits per heavy atom. The van der Waals surface area contributed by atoms with Crippen LogP contribution in [0.5, 0.6) is 0 Å². The summed E-state index contributed by atoms with van der Waals surface area (Å²) in [7, 11) is 0. The Hall–Kier alpha value is -1.26. The zero-order valence-electron chi connectivity index (χ0n) is 6.70. The van der Waals surface area contributed by atoms with Gasteiger partial charge in [0.2, 0.25) is 0 Å². The summed E-state index contributed by atoms with van der Waals surface area (Å²) in [5.41, 5.74) is 2.31. The quantitative estimate of drug-likeness (QED) is 0.564.